The van der Waals surface area contributed by atoms with Crippen molar-refractivity contribution in [3.8, 4) is 0 Å². The Balaban J connectivity index is 2.02. The Morgan fingerprint density at radius 2 is 2.20 bits per heavy atom. The van der Waals surface area contributed by atoms with Crippen molar-refractivity contribution in [3.63, 3.8) is 0 Å². The summed E-state index contributed by atoms with van der Waals surface area (Å²) in [5, 5.41) is 0.327. The van der Waals surface area contributed by atoms with Crippen molar-refractivity contribution in [2.24, 2.45) is 0 Å². The van der Waals surface area contributed by atoms with Crippen LogP contribution in [0.4, 0.5) is 0 Å². The Kier molecular flexibility index (Phi) is 7.24. The molecule has 0 aliphatic heterocycles. The zero-order valence-electron chi connectivity index (χ0n) is 14.5. The molecule has 0 unspecified atom stereocenters. The van der Waals surface area contributed by atoms with Gasteiger partial charge in [0.05, 0.1) is 25.0 Å². The molecule has 0 bridgehead atoms. The van der Waals surface area contributed by atoms with Crippen LogP contribution in [0.3, 0.4) is 0 Å². The second kappa shape index (κ2) is 9.41. The van der Waals surface area contributed by atoms with E-state index >= 15 is 0 Å². The minimum Gasteiger partial charge on any atom is -0.469 e. The molecule has 1 N–H and O–H groups in total. The van der Waals surface area contributed by atoms with Crippen LogP contribution in [-0.4, -0.2) is 46.2 Å². The first-order valence-electron chi connectivity index (χ1n) is 8.32. The van der Waals surface area contributed by atoms with E-state index in [0.29, 0.717) is 17.4 Å². The number of esters is 1. The molecule has 1 amide bonds. The van der Waals surface area contributed by atoms with E-state index in [1.807, 2.05) is 6.92 Å². The maximum Gasteiger partial charge on any atom is 0.311 e. The molecule has 1 aromatic rings. The number of carbonyl (C=O) groups is 2. The third-order valence-corrected chi connectivity index (χ3v) is 4.75. The van der Waals surface area contributed by atoms with Crippen molar-refractivity contribution in [3.05, 3.63) is 33.9 Å². The smallest absolute Gasteiger partial charge is 0.311 e. The molecule has 1 aromatic heterocycles. The van der Waals surface area contributed by atoms with Gasteiger partial charge in [0, 0.05) is 18.3 Å². The van der Waals surface area contributed by atoms with E-state index in [4.69, 9.17) is 0 Å². The number of allylic oxidation sites excluding steroid dienone is 2. The van der Waals surface area contributed by atoms with Gasteiger partial charge in [0.15, 0.2) is 5.16 Å². The van der Waals surface area contributed by atoms with Crippen LogP contribution in [0.2, 0.25) is 0 Å². The van der Waals surface area contributed by atoms with Crippen molar-refractivity contribution >= 4 is 23.6 Å². The minimum atomic E-state index is -0.466. The zero-order chi connectivity index (χ0) is 18.2. The molecule has 7 nitrogen and oxygen atoms in total. The molecule has 0 radical (unpaired) electrons. The van der Waals surface area contributed by atoms with E-state index < -0.39 is 5.97 Å². The molecule has 0 fully saturated rings. The first kappa shape index (κ1) is 19.2. The highest BCUT2D eigenvalue weighted by atomic mass is 32.2. The van der Waals surface area contributed by atoms with Gasteiger partial charge in [-0.25, -0.2) is 4.98 Å². The number of hydrogen-bond donors (Lipinski definition) is 1. The molecule has 0 atom stereocenters. The summed E-state index contributed by atoms with van der Waals surface area (Å²) in [6.45, 7) is 2.58. The summed E-state index contributed by atoms with van der Waals surface area (Å²) >= 11 is 1.16. The maximum atomic E-state index is 12.5. The number of H-pyrrole nitrogens is 1. The molecule has 0 saturated carbocycles. The third-order valence-electron chi connectivity index (χ3n) is 3.89. The quantitative estimate of drug-likeness (QED) is 0.451. The lowest BCUT2D eigenvalue weighted by atomic mass is 10.0. The highest BCUT2D eigenvalue weighted by Crippen LogP contribution is 2.22. The number of methoxy groups -OCH3 is 1. The molecule has 1 aliphatic carbocycles. The monoisotopic (exact) mass is 365 g/mol. The third kappa shape index (κ3) is 5.74. The number of aromatic amines is 1. The standard InChI is InChI=1S/C17H23N3O4S/c1-3-20(13-7-5-4-6-8-13)15(22)11-25-17-18-12(9-14(21)19-17)10-16(23)24-2/h7,9H,3-6,8,10-11H2,1-2H3,(H,18,19,21). The molecule has 1 heterocycles. The zero-order valence-corrected chi connectivity index (χ0v) is 15.4. The van der Waals surface area contributed by atoms with Gasteiger partial charge < -0.3 is 14.6 Å². The Morgan fingerprint density at radius 1 is 1.40 bits per heavy atom. The Morgan fingerprint density at radius 3 is 2.84 bits per heavy atom. The second-order valence-electron chi connectivity index (χ2n) is 5.66. The summed E-state index contributed by atoms with van der Waals surface area (Å²) in [6, 6.07) is 1.26. The van der Waals surface area contributed by atoms with Crippen LogP contribution in [0, 0.1) is 0 Å². The molecule has 8 heteroatoms. The van der Waals surface area contributed by atoms with Crippen molar-refractivity contribution < 1.29 is 14.3 Å². The molecule has 0 saturated heterocycles. The summed E-state index contributed by atoms with van der Waals surface area (Å²) in [5.74, 6) is -0.302. The van der Waals surface area contributed by atoms with Gasteiger partial charge in [-0.05, 0) is 32.6 Å². The van der Waals surface area contributed by atoms with E-state index in [9.17, 15) is 14.4 Å². The highest BCUT2D eigenvalue weighted by molar-refractivity contribution is 7.99. The lowest BCUT2D eigenvalue weighted by Gasteiger charge is -2.26. The number of nitrogens with one attached hydrogen (secondary N) is 1. The van der Waals surface area contributed by atoms with E-state index in [1.165, 1.54) is 19.6 Å². The van der Waals surface area contributed by atoms with E-state index in [1.54, 1.807) is 4.90 Å². The van der Waals surface area contributed by atoms with Crippen LogP contribution in [-0.2, 0) is 20.7 Å². The highest BCUT2D eigenvalue weighted by Gasteiger charge is 2.18. The maximum absolute atomic E-state index is 12.5. The van der Waals surface area contributed by atoms with Crippen molar-refractivity contribution in [2.45, 2.75) is 44.2 Å². The topological polar surface area (TPSA) is 92.4 Å². The summed E-state index contributed by atoms with van der Waals surface area (Å²) < 4.78 is 4.58. The minimum absolute atomic E-state index is 0.0123. The largest absolute Gasteiger partial charge is 0.469 e. The van der Waals surface area contributed by atoms with Gasteiger partial charge >= 0.3 is 5.97 Å². The Bertz CT molecular complexity index is 714. The summed E-state index contributed by atoms with van der Waals surface area (Å²) in [4.78, 5) is 44.1. The predicted octanol–water partition coefficient (Wildman–Crippen LogP) is 1.88. The number of rotatable bonds is 7. The second-order valence-corrected chi connectivity index (χ2v) is 6.63. The molecule has 2 rings (SSSR count). The van der Waals surface area contributed by atoms with Gasteiger partial charge in [0.2, 0.25) is 5.91 Å². The van der Waals surface area contributed by atoms with Gasteiger partial charge in [-0.15, -0.1) is 0 Å². The Hall–Kier alpha value is -2.09. The summed E-state index contributed by atoms with van der Waals surface area (Å²) in [5.41, 5.74) is 1.05. The first-order chi connectivity index (χ1) is 12.0. The van der Waals surface area contributed by atoms with Crippen molar-refractivity contribution in [1.29, 1.82) is 0 Å². The predicted molar refractivity (Wildman–Crippen MR) is 95.2 cm³/mol. The molecule has 0 aromatic carbocycles. The number of nitrogens with zero attached hydrogens (tertiary/aromatic N) is 2. The van der Waals surface area contributed by atoms with E-state index in [2.05, 4.69) is 20.8 Å². The number of thioether (sulfide) groups is 1. The van der Waals surface area contributed by atoms with Crippen molar-refractivity contribution in [1.82, 2.24) is 14.9 Å². The molecule has 1 aliphatic rings. The fraction of sp³-hybridized carbons (Fsp3) is 0.529. The van der Waals surface area contributed by atoms with Gasteiger partial charge in [0.25, 0.3) is 5.56 Å². The van der Waals surface area contributed by atoms with Gasteiger partial charge in [-0.2, -0.15) is 0 Å². The lowest BCUT2D eigenvalue weighted by molar-refractivity contribution is -0.139. The van der Waals surface area contributed by atoms with Crippen LogP contribution in [0.5, 0.6) is 0 Å². The average Bonchev–Trinajstić information content (AvgIpc) is 2.61. The number of ether oxygens (including phenoxy) is 1. The number of carbonyl (C=O) groups excluding carboxylic acids is 2. The van der Waals surface area contributed by atoms with E-state index in [-0.39, 0.29) is 23.6 Å². The SMILES string of the molecule is CCN(C(=O)CSc1nc(CC(=O)OC)cc(=O)[nH]1)C1=CCCCC1. The summed E-state index contributed by atoms with van der Waals surface area (Å²) in [7, 11) is 1.28. The number of amides is 1. The van der Waals surface area contributed by atoms with Gasteiger partial charge in [-0.1, -0.05) is 17.8 Å². The van der Waals surface area contributed by atoms with Crippen LogP contribution in [0.25, 0.3) is 0 Å². The van der Waals surface area contributed by atoms with Crippen LogP contribution >= 0.6 is 11.8 Å². The number of hydrogen-bond acceptors (Lipinski definition) is 6. The van der Waals surface area contributed by atoms with Crippen LogP contribution in [0.1, 0.15) is 38.3 Å². The van der Waals surface area contributed by atoms with E-state index in [0.717, 1.165) is 36.7 Å². The van der Waals surface area contributed by atoms with Gasteiger partial charge in [-0.3, -0.25) is 14.4 Å². The lowest BCUT2D eigenvalue weighted by Crippen LogP contribution is -2.32. The van der Waals surface area contributed by atoms with Crippen molar-refractivity contribution in [2.75, 3.05) is 19.4 Å². The fourth-order valence-electron chi connectivity index (χ4n) is 2.68. The normalized spacial score (nSPS) is 13.9. The molecular formula is C17H23N3O4S. The number of aromatic nitrogens is 2. The fourth-order valence-corrected chi connectivity index (χ4v) is 3.45. The first-order valence-corrected chi connectivity index (χ1v) is 9.31. The molecular weight excluding hydrogens is 342 g/mol. The Labute approximate surface area is 150 Å². The average molecular weight is 365 g/mol. The molecule has 25 heavy (non-hydrogen) atoms. The molecule has 136 valence electrons. The van der Waals surface area contributed by atoms with Crippen LogP contribution < -0.4 is 5.56 Å². The van der Waals surface area contributed by atoms with Gasteiger partial charge in [0.1, 0.15) is 0 Å². The summed E-state index contributed by atoms with van der Waals surface area (Å²) in [6.07, 6.45) is 6.27. The molecule has 0 spiro atoms. The van der Waals surface area contributed by atoms with Crippen LogP contribution in [0.15, 0.2) is 27.8 Å².